The summed E-state index contributed by atoms with van der Waals surface area (Å²) in [6, 6.07) is 0. The Bertz CT molecular complexity index is 669. The summed E-state index contributed by atoms with van der Waals surface area (Å²) in [4.78, 5) is 40.0. The summed E-state index contributed by atoms with van der Waals surface area (Å²) in [5.74, 6) is 0. The Morgan fingerprint density at radius 1 is 1.35 bits per heavy atom. The van der Waals surface area contributed by atoms with Gasteiger partial charge in [-0.15, -0.1) is 0 Å². The van der Waals surface area contributed by atoms with Gasteiger partial charge in [0.15, 0.2) is 23.0 Å². The molecule has 10 nitrogen and oxygen atoms in total. The molecule has 12 heteroatoms. The van der Waals surface area contributed by atoms with Crippen LogP contribution in [-0.2, 0) is 21.9 Å². The molecule has 0 saturated carbocycles. The van der Waals surface area contributed by atoms with E-state index in [1.165, 1.54) is 10.8 Å². The van der Waals surface area contributed by atoms with Gasteiger partial charge in [-0.1, -0.05) is 0 Å². The van der Waals surface area contributed by atoms with Gasteiger partial charge in [0.05, 0.1) is 25.9 Å². The molecule has 0 radical (unpaired) electrons. The Hall–Kier alpha value is -0.400. The normalized spacial score (nSPS) is 21.2. The van der Waals surface area contributed by atoms with Crippen LogP contribution in [0.15, 0.2) is 15.8 Å². The zero-order valence-electron chi connectivity index (χ0n) is 14.3. The van der Waals surface area contributed by atoms with E-state index in [4.69, 9.17) is 18.7 Å². The molecule has 3 unspecified atom stereocenters. The number of halogens is 1. The number of aryl methyl sites for hydroxylation is 1. The van der Waals surface area contributed by atoms with Crippen molar-refractivity contribution in [3.63, 3.8) is 0 Å². The molecule has 2 rings (SSSR count). The number of aromatic amines is 1. The van der Waals surface area contributed by atoms with Crippen molar-refractivity contribution in [1.29, 1.82) is 0 Å². The Morgan fingerprint density at radius 3 is 2.88 bits per heavy atom. The van der Waals surface area contributed by atoms with Gasteiger partial charge in [-0.25, -0.2) is 9.68 Å². The third kappa shape index (κ3) is 6.97. The summed E-state index contributed by atoms with van der Waals surface area (Å²) in [6.45, 7) is 2.60. The first-order chi connectivity index (χ1) is 12.5. The number of aromatic nitrogens is 2. The molecule has 0 spiro atoms. The van der Waals surface area contributed by atoms with E-state index >= 15 is 0 Å². The maximum atomic E-state index is 11.9. The molecular formula is C14H22IN2O8P. The minimum Gasteiger partial charge on any atom is -0.352 e. The molecule has 1 aliphatic heterocycles. The molecule has 1 fully saturated rings. The second-order valence-corrected chi connectivity index (χ2v) is 7.08. The molecule has 26 heavy (non-hydrogen) atoms. The molecule has 1 saturated heterocycles. The van der Waals surface area contributed by atoms with Crippen LogP contribution < -0.4 is 11.2 Å². The fourth-order valence-corrected chi connectivity index (χ4v) is 3.27. The lowest BCUT2D eigenvalue weighted by Gasteiger charge is -2.17. The van der Waals surface area contributed by atoms with Gasteiger partial charge < -0.3 is 18.7 Å². The fourth-order valence-electron chi connectivity index (χ4n) is 2.44. The van der Waals surface area contributed by atoms with E-state index < -0.39 is 26.1 Å². The van der Waals surface area contributed by atoms with Crippen molar-refractivity contribution in [2.45, 2.75) is 44.9 Å². The van der Waals surface area contributed by atoms with Crippen molar-refractivity contribution < 1.29 is 26.8 Å². The third-order valence-corrected chi connectivity index (χ3v) is 4.81. The number of hydrogen-bond acceptors (Lipinski definition) is 8. The summed E-state index contributed by atoms with van der Waals surface area (Å²) in [5, 5.41) is 0. The van der Waals surface area contributed by atoms with Gasteiger partial charge in [0.25, 0.3) is 5.56 Å². The number of nitrogens with one attached hydrogen (secondary N) is 1. The molecule has 2 heterocycles. The lowest BCUT2D eigenvalue weighted by Crippen LogP contribution is -2.33. The standard InChI is InChI=1S/C14H22IN2O8P/c1-10-8-17(14(19)16-13(10)18)12-5-4-11(24-12)9-23-26(20)22-7-3-2-6-21-25-15/h8,11-12,20H,2-7,9H2,1H3,(H,16,18,19). The van der Waals surface area contributed by atoms with Gasteiger partial charge in [-0.2, -0.15) is 3.22 Å². The number of unbranched alkanes of at least 4 members (excludes halogenated alkanes) is 1. The molecule has 0 amide bonds. The van der Waals surface area contributed by atoms with Crippen molar-refractivity contribution in [2.75, 3.05) is 19.8 Å². The van der Waals surface area contributed by atoms with E-state index in [1.54, 1.807) is 29.9 Å². The average Bonchev–Trinajstić information content (AvgIpc) is 3.08. The van der Waals surface area contributed by atoms with Crippen molar-refractivity contribution in [2.24, 2.45) is 0 Å². The molecule has 2 N–H and O–H groups in total. The van der Waals surface area contributed by atoms with Crippen molar-refractivity contribution in [1.82, 2.24) is 9.55 Å². The molecule has 0 aliphatic carbocycles. The monoisotopic (exact) mass is 504 g/mol. The largest absolute Gasteiger partial charge is 0.352 e. The predicted molar refractivity (Wildman–Crippen MR) is 101 cm³/mol. The van der Waals surface area contributed by atoms with Crippen LogP contribution in [0.5, 0.6) is 0 Å². The molecular weight excluding hydrogens is 482 g/mol. The molecule has 3 atom stereocenters. The highest BCUT2D eigenvalue weighted by Crippen LogP contribution is 2.35. The Kier molecular flexibility index (Phi) is 9.64. The van der Waals surface area contributed by atoms with E-state index in [-0.39, 0.29) is 12.7 Å². The predicted octanol–water partition coefficient (Wildman–Crippen LogP) is 1.85. The third-order valence-electron chi connectivity index (χ3n) is 3.78. The van der Waals surface area contributed by atoms with E-state index in [2.05, 4.69) is 8.20 Å². The van der Waals surface area contributed by atoms with E-state index in [9.17, 15) is 14.5 Å². The van der Waals surface area contributed by atoms with Crippen molar-refractivity contribution >= 4 is 31.6 Å². The highest BCUT2D eigenvalue weighted by molar-refractivity contribution is 14.1. The van der Waals surface area contributed by atoms with Crippen LogP contribution in [0.25, 0.3) is 0 Å². The molecule has 0 bridgehead atoms. The van der Waals surface area contributed by atoms with Crippen LogP contribution in [-0.4, -0.2) is 40.4 Å². The van der Waals surface area contributed by atoms with E-state index in [0.29, 0.717) is 38.0 Å². The minimum absolute atomic E-state index is 0.168. The molecule has 148 valence electrons. The number of H-pyrrole nitrogens is 1. The van der Waals surface area contributed by atoms with Gasteiger partial charge in [-0.3, -0.25) is 14.3 Å². The number of ether oxygens (including phenoxy) is 1. The molecule has 0 aromatic carbocycles. The first-order valence-electron chi connectivity index (χ1n) is 8.14. The smallest absolute Gasteiger partial charge is 0.330 e. The van der Waals surface area contributed by atoms with E-state index in [0.717, 1.165) is 6.42 Å². The van der Waals surface area contributed by atoms with Gasteiger partial charge in [-0.05, 0) is 32.6 Å². The topological polar surface area (TPSA) is 121 Å². The number of hydrogen-bond donors (Lipinski definition) is 2. The number of nitrogens with zero attached hydrogens (tertiary/aromatic N) is 1. The fraction of sp³-hybridized carbons (Fsp3) is 0.714. The Labute approximate surface area is 165 Å². The molecule has 1 aromatic heterocycles. The van der Waals surface area contributed by atoms with Gasteiger partial charge in [0.2, 0.25) is 0 Å². The highest BCUT2D eigenvalue weighted by atomic mass is 127. The lowest BCUT2D eigenvalue weighted by molar-refractivity contribution is -0.166. The van der Waals surface area contributed by atoms with Gasteiger partial charge in [0.1, 0.15) is 6.23 Å². The van der Waals surface area contributed by atoms with Crippen LogP contribution in [0.3, 0.4) is 0 Å². The molecule has 1 aliphatic rings. The van der Waals surface area contributed by atoms with Crippen molar-refractivity contribution in [3.05, 3.63) is 32.6 Å². The van der Waals surface area contributed by atoms with Crippen LogP contribution >= 0.6 is 31.6 Å². The lowest BCUT2D eigenvalue weighted by atomic mass is 10.2. The van der Waals surface area contributed by atoms with Crippen LogP contribution in [0.2, 0.25) is 0 Å². The Balaban J connectivity index is 1.69. The zero-order chi connectivity index (χ0) is 18.9. The van der Waals surface area contributed by atoms with E-state index in [1.807, 2.05) is 0 Å². The summed E-state index contributed by atoms with van der Waals surface area (Å²) >= 11 is 1.64. The highest BCUT2D eigenvalue weighted by Gasteiger charge is 2.28. The van der Waals surface area contributed by atoms with Crippen LogP contribution in [0.1, 0.15) is 37.5 Å². The quantitative estimate of drug-likeness (QED) is 0.154. The maximum absolute atomic E-state index is 11.9. The summed E-state index contributed by atoms with van der Waals surface area (Å²) in [6.07, 6.45) is 3.51. The molecule has 1 aromatic rings. The van der Waals surface area contributed by atoms with Gasteiger partial charge >= 0.3 is 14.3 Å². The minimum atomic E-state index is -1.98. The summed E-state index contributed by atoms with van der Waals surface area (Å²) in [5.41, 5.74) is -0.465. The number of rotatable bonds is 11. The first kappa shape index (κ1) is 21.9. The first-order valence-corrected chi connectivity index (χ1v) is 10.1. The average molecular weight is 504 g/mol. The van der Waals surface area contributed by atoms with Crippen LogP contribution in [0.4, 0.5) is 0 Å². The Morgan fingerprint density at radius 2 is 2.12 bits per heavy atom. The van der Waals surface area contributed by atoms with Crippen molar-refractivity contribution in [3.8, 4) is 0 Å². The summed E-state index contributed by atoms with van der Waals surface area (Å²) in [7, 11) is -1.98. The SMILES string of the molecule is Cc1cn(C2CCC(COP(O)OCCCCOOI)O2)c(=O)[nH]c1=O. The summed E-state index contributed by atoms with van der Waals surface area (Å²) < 4.78 is 22.0. The maximum Gasteiger partial charge on any atom is 0.330 e. The van der Waals surface area contributed by atoms with Gasteiger partial charge in [0, 0.05) is 11.8 Å². The zero-order valence-corrected chi connectivity index (χ0v) is 17.3. The second-order valence-electron chi connectivity index (χ2n) is 5.73. The van der Waals surface area contributed by atoms with Crippen LogP contribution in [0, 0.1) is 6.92 Å². The second kappa shape index (κ2) is 11.4.